The first-order valence-corrected chi connectivity index (χ1v) is 11.3. The van der Waals surface area contributed by atoms with Gasteiger partial charge in [0.1, 0.15) is 17.5 Å². The largest absolute Gasteiger partial charge is 0.496 e. The lowest BCUT2D eigenvalue weighted by Crippen LogP contribution is -2.52. The molecule has 2 aliphatic rings. The maximum atomic E-state index is 12.9. The molecule has 1 saturated heterocycles. The Morgan fingerprint density at radius 2 is 1.80 bits per heavy atom. The molecule has 0 saturated carbocycles. The maximum absolute atomic E-state index is 12.9. The number of ether oxygens (including phenoxy) is 1. The number of rotatable bonds is 4. The van der Waals surface area contributed by atoms with Crippen LogP contribution in [-0.2, 0) is 16.1 Å². The molecule has 174 valence electrons. The minimum absolute atomic E-state index is 0.207. The number of hydrogen-bond acceptors (Lipinski definition) is 6. The van der Waals surface area contributed by atoms with Crippen molar-refractivity contribution in [2.75, 3.05) is 7.11 Å². The Labute approximate surface area is 200 Å². The van der Waals surface area contributed by atoms with E-state index in [0.717, 1.165) is 27.6 Å². The van der Waals surface area contributed by atoms with Crippen molar-refractivity contribution in [3.05, 3.63) is 71.9 Å². The molecule has 9 nitrogen and oxygen atoms in total. The van der Waals surface area contributed by atoms with Crippen LogP contribution in [0.25, 0.3) is 27.7 Å². The van der Waals surface area contributed by atoms with Crippen LogP contribution in [-0.4, -0.2) is 50.8 Å². The predicted molar refractivity (Wildman–Crippen MR) is 127 cm³/mol. The third-order valence-electron chi connectivity index (χ3n) is 6.61. The molecular formula is C26H21N5O4. The molecule has 1 atom stereocenters. The molecule has 0 aliphatic carbocycles. The van der Waals surface area contributed by atoms with Crippen LogP contribution in [0.1, 0.15) is 28.8 Å². The van der Waals surface area contributed by atoms with E-state index < -0.39 is 11.9 Å². The Morgan fingerprint density at radius 3 is 2.57 bits per heavy atom. The number of methoxy groups -OCH3 is 1. The first kappa shape index (κ1) is 21.0. The van der Waals surface area contributed by atoms with Crippen molar-refractivity contribution in [2.24, 2.45) is 0 Å². The van der Waals surface area contributed by atoms with Gasteiger partial charge in [-0.15, -0.1) is 5.10 Å². The average Bonchev–Trinajstić information content (AvgIpc) is 3.48. The van der Waals surface area contributed by atoms with Crippen LogP contribution in [0.2, 0.25) is 0 Å². The summed E-state index contributed by atoms with van der Waals surface area (Å²) in [4.78, 5) is 38.3. The number of aromatic nitrogens is 3. The Hall–Kier alpha value is -4.53. The topological polar surface area (TPSA) is 106 Å². The first-order chi connectivity index (χ1) is 17.0. The summed E-state index contributed by atoms with van der Waals surface area (Å²) in [7, 11) is 1.63. The van der Waals surface area contributed by atoms with E-state index in [9.17, 15) is 14.4 Å². The zero-order chi connectivity index (χ0) is 24.1. The molecule has 1 aromatic heterocycles. The highest BCUT2D eigenvalue weighted by Crippen LogP contribution is 2.34. The van der Waals surface area contributed by atoms with E-state index >= 15 is 0 Å². The SMILES string of the molecule is COc1cc2ccccc2cc1-c1cn(-c2ccc3c(c2)CN(C2CCC(=O)NC2=O)C3=O)nn1. The minimum Gasteiger partial charge on any atom is -0.496 e. The number of amides is 3. The van der Waals surface area contributed by atoms with Crippen LogP contribution in [0.5, 0.6) is 5.75 Å². The highest BCUT2D eigenvalue weighted by atomic mass is 16.5. The van der Waals surface area contributed by atoms with E-state index in [2.05, 4.69) is 15.6 Å². The van der Waals surface area contributed by atoms with Crippen LogP contribution in [0.3, 0.4) is 0 Å². The molecule has 2 aliphatic heterocycles. The zero-order valence-corrected chi connectivity index (χ0v) is 18.9. The van der Waals surface area contributed by atoms with E-state index in [-0.39, 0.29) is 18.2 Å². The molecule has 0 radical (unpaired) electrons. The molecule has 3 aromatic carbocycles. The van der Waals surface area contributed by atoms with Gasteiger partial charge in [0.05, 0.1) is 19.0 Å². The Morgan fingerprint density at radius 1 is 1.00 bits per heavy atom. The fourth-order valence-electron chi connectivity index (χ4n) is 4.81. The minimum atomic E-state index is -0.644. The standard InChI is InChI=1S/C26H21N5O4/c1-35-23-12-16-5-3-2-4-15(16)11-20(23)21-14-31(29-28-21)18-6-7-19-17(10-18)13-30(26(19)34)22-8-9-24(32)27-25(22)33/h2-7,10-12,14,22H,8-9,13H2,1H3,(H,27,32,33). The zero-order valence-electron chi connectivity index (χ0n) is 18.9. The van der Waals surface area contributed by atoms with Gasteiger partial charge in [-0.05, 0) is 53.1 Å². The summed E-state index contributed by atoms with van der Waals surface area (Å²) in [6, 6.07) is 16.8. The highest BCUT2D eigenvalue weighted by molar-refractivity contribution is 6.05. The van der Waals surface area contributed by atoms with Crippen LogP contribution >= 0.6 is 0 Å². The van der Waals surface area contributed by atoms with Gasteiger partial charge in [0.15, 0.2) is 0 Å². The van der Waals surface area contributed by atoms with Gasteiger partial charge in [0.2, 0.25) is 11.8 Å². The van der Waals surface area contributed by atoms with E-state index in [0.29, 0.717) is 30.0 Å². The number of hydrogen-bond donors (Lipinski definition) is 1. The van der Waals surface area contributed by atoms with E-state index in [1.807, 2.05) is 48.7 Å². The molecule has 0 bridgehead atoms. The molecule has 9 heteroatoms. The number of fused-ring (bicyclic) bond motifs is 2. The molecule has 4 aromatic rings. The molecule has 6 rings (SSSR count). The Balaban J connectivity index is 1.30. The monoisotopic (exact) mass is 467 g/mol. The summed E-state index contributed by atoms with van der Waals surface area (Å²) in [5.41, 5.74) is 3.60. The second-order valence-corrected chi connectivity index (χ2v) is 8.69. The lowest BCUT2D eigenvalue weighted by molar-refractivity contribution is -0.136. The summed E-state index contributed by atoms with van der Waals surface area (Å²) < 4.78 is 7.26. The molecule has 1 fully saturated rings. The number of nitrogens with one attached hydrogen (secondary N) is 1. The molecular weight excluding hydrogens is 446 g/mol. The molecule has 0 spiro atoms. The van der Waals surface area contributed by atoms with E-state index in [4.69, 9.17) is 4.74 Å². The Kier molecular flexibility index (Phi) is 4.84. The number of imide groups is 1. The van der Waals surface area contributed by atoms with Crippen molar-refractivity contribution in [2.45, 2.75) is 25.4 Å². The first-order valence-electron chi connectivity index (χ1n) is 11.3. The van der Waals surface area contributed by atoms with Gasteiger partial charge < -0.3 is 9.64 Å². The van der Waals surface area contributed by atoms with Crippen molar-refractivity contribution >= 4 is 28.5 Å². The quantitative estimate of drug-likeness (QED) is 0.463. The average molecular weight is 467 g/mol. The number of nitrogens with zero attached hydrogens (tertiary/aromatic N) is 4. The number of benzene rings is 3. The van der Waals surface area contributed by atoms with Gasteiger partial charge in [0, 0.05) is 24.1 Å². The second-order valence-electron chi connectivity index (χ2n) is 8.69. The van der Waals surface area contributed by atoms with Crippen molar-refractivity contribution in [1.82, 2.24) is 25.2 Å². The third kappa shape index (κ3) is 3.52. The fourth-order valence-corrected chi connectivity index (χ4v) is 4.81. The van der Waals surface area contributed by atoms with Crippen molar-refractivity contribution in [3.8, 4) is 22.7 Å². The lowest BCUT2D eigenvalue weighted by Gasteiger charge is -2.29. The maximum Gasteiger partial charge on any atom is 0.255 e. The van der Waals surface area contributed by atoms with Gasteiger partial charge in [-0.2, -0.15) is 0 Å². The van der Waals surface area contributed by atoms with Gasteiger partial charge >= 0.3 is 0 Å². The van der Waals surface area contributed by atoms with Gasteiger partial charge in [-0.25, -0.2) is 4.68 Å². The fraction of sp³-hybridized carbons (Fsp3) is 0.192. The summed E-state index contributed by atoms with van der Waals surface area (Å²) in [5.74, 6) is -0.230. The number of carbonyl (C=O) groups excluding carboxylic acids is 3. The molecule has 3 heterocycles. The normalized spacial score (nSPS) is 17.6. The number of carbonyl (C=O) groups is 3. The molecule has 35 heavy (non-hydrogen) atoms. The van der Waals surface area contributed by atoms with Gasteiger partial charge in [-0.1, -0.05) is 29.5 Å². The molecule has 1 unspecified atom stereocenters. The van der Waals surface area contributed by atoms with Crippen LogP contribution in [0.4, 0.5) is 0 Å². The van der Waals surface area contributed by atoms with Crippen molar-refractivity contribution in [3.63, 3.8) is 0 Å². The summed E-state index contributed by atoms with van der Waals surface area (Å²) >= 11 is 0. The van der Waals surface area contributed by atoms with Gasteiger partial charge in [-0.3, -0.25) is 19.7 Å². The van der Waals surface area contributed by atoms with E-state index in [1.54, 1.807) is 23.9 Å². The van der Waals surface area contributed by atoms with Gasteiger partial charge in [0.25, 0.3) is 5.91 Å². The predicted octanol–water partition coefficient (Wildman–Crippen LogP) is 2.86. The van der Waals surface area contributed by atoms with Crippen LogP contribution in [0.15, 0.2) is 60.8 Å². The molecule has 1 N–H and O–H groups in total. The van der Waals surface area contributed by atoms with Crippen molar-refractivity contribution in [1.29, 1.82) is 0 Å². The number of piperidine rings is 1. The van der Waals surface area contributed by atoms with Crippen LogP contribution in [0, 0.1) is 0 Å². The Bertz CT molecular complexity index is 1530. The summed E-state index contributed by atoms with van der Waals surface area (Å²) in [6.07, 6.45) is 2.38. The third-order valence-corrected chi connectivity index (χ3v) is 6.61. The van der Waals surface area contributed by atoms with Crippen molar-refractivity contribution < 1.29 is 19.1 Å². The summed E-state index contributed by atoms with van der Waals surface area (Å²) in [5, 5.41) is 13.1. The summed E-state index contributed by atoms with van der Waals surface area (Å²) in [6.45, 7) is 0.300. The lowest BCUT2D eigenvalue weighted by atomic mass is 10.0. The second kappa shape index (κ2) is 8.05. The van der Waals surface area contributed by atoms with Crippen LogP contribution < -0.4 is 10.1 Å². The molecule has 3 amide bonds. The smallest absolute Gasteiger partial charge is 0.255 e. The highest BCUT2D eigenvalue weighted by Gasteiger charge is 2.39. The van der Waals surface area contributed by atoms with E-state index in [1.165, 1.54) is 4.90 Å².